The van der Waals surface area contributed by atoms with Crippen LogP contribution in [0.25, 0.3) is 0 Å². The second-order valence-electron chi connectivity index (χ2n) is 5.72. The van der Waals surface area contributed by atoms with Crippen LogP contribution in [0.3, 0.4) is 0 Å². The van der Waals surface area contributed by atoms with E-state index in [0.29, 0.717) is 0 Å². The summed E-state index contributed by atoms with van der Waals surface area (Å²) in [4.78, 5) is 8.20. The highest BCUT2D eigenvalue weighted by atomic mass is 14.8. The molecule has 0 saturated heterocycles. The second kappa shape index (κ2) is 5.13. The van der Waals surface area contributed by atoms with Gasteiger partial charge >= 0.3 is 0 Å². The molecule has 1 aliphatic rings. The predicted octanol–water partition coefficient (Wildman–Crippen LogP) is 2.87. The molecule has 1 aromatic rings. The number of hydrogen-bond acceptors (Lipinski definition) is 3. The van der Waals surface area contributed by atoms with E-state index in [9.17, 15) is 0 Å². The van der Waals surface area contributed by atoms with E-state index < -0.39 is 0 Å². The molecule has 1 aliphatic carbocycles. The summed E-state index contributed by atoms with van der Waals surface area (Å²) in [6.07, 6.45) is 11.2. The van der Waals surface area contributed by atoms with Gasteiger partial charge < -0.3 is 5.73 Å². The molecular formula is C14H23N3. The van der Waals surface area contributed by atoms with Crippen LogP contribution >= 0.6 is 0 Å². The van der Waals surface area contributed by atoms with Crippen LogP contribution < -0.4 is 5.73 Å². The van der Waals surface area contributed by atoms with Gasteiger partial charge in [0, 0.05) is 23.5 Å². The summed E-state index contributed by atoms with van der Waals surface area (Å²) in [6, 6.07) is 0. The van der Waals surface area contributed by atoms with Crippen molar-refractivity contribution in [1.82, 2.24) is 9.97 Å². The molecule has 0 spiro atoms. The zero-order valence-corrected chi connectivity index (χ0v) is 10.9. The minimum atomic E-state index is -0.203. The van der Waals surface area contributed by atoms with Crippen LogP contribution in [0.15, 0.2) is 18.7 Å². The minimum absolute atomic E-state index is 0.203. The molecule has 3 nitrogen and oxygen atoms in total. The Morgan fingerprint density at radius 1 is 1.24 bits per heavy atom. The van der Waals surface area contributed by atoms with Crippen LogP contribution in [0, 0.1) is 11.8 Å². The number of hydrogen-bond donors (Lipinski definition) is 1. The molecule has 2 N–H and O–H groups in total. The van der Waals surface area contributed by atoms with E-state index in [1.54, 1.807) is 6.33 Å². The molecular weight excluding hydrogens is 210 g/mol. The van der Waals surface area contributed by atoms with Crippen LogP contribution in [-0.4, -0.2) is 9.97 Å². The van der Waals surface area contributed by atoms with Crippen molar-refractivity contribution in [3.05, 3.63) is 24.3 Å². The molecule has 94 valence electrons. The Balaban J connectivity index is 2.12. The van der Waals surface area contributed by atoms with Crippen molar-refractivity contribution < 1.29 is 0 Å². The molecule has 1 aromatic heterocycles. The fourth-order valence-corrected chi connectivity index (χ4v) is 2.90. The first-order chi connectivity index (χ1) is 8.12. The van der Waals surface area contributed by atoms with E-state index in [0.717, 1.165) is 30.2 Å². The fourth-order valence-electron chi connectivity index (χ4n) is 2.90. The van der Waals surface area contributed by atoms with E-state index in [-0.39, 0.29) is 5.54 Å². The molecule has 1 heterocycles. The van der Waals surface area contributed by atoms with Gasteiger partial charge in [0.25, 0.3) is 0 Å². The maximum absolute atomic E-state index is 6.56. The normalized spacial score (nSPS) is 30.2. The number of nitrogens with zero attached hydrogens (tertiary/aromatic N) is 2. The summed E-state index contributed by atoms with van der Waals surface area (Å²) >= 11 is 0. The van der Waals surface area contributed by atoms with Gasteiger partial charge in [0.2, 0.25) is 0 Å². The third kappa shape index (κ3) is 2.83. The van der Waals surface area contributed by atoms with E-state index >= 15 is 0 Å². The zero-order valence-electron chi connectivity index (χ0n) is 10.9. The van der Waals surface area contributed by atoms with Gasteiger partial charge in [0.1, 0.15) is 6.33 Å². The summed E-state index contributed by atoms with van der Waals surface area (Å²) in [6.45, 7) is 4.64. The summed E-state index contributed by atoms with van der Waals surface area (Å²) in [5, 5.41) is 0. The van der Waals surface area contributed by atoms with E-state index in [1.807, 2.05) is 12.4 Å². The zero-order chi connectivity index (χ0) is 12.3. The van der Waals surface area contributed by atoms with Crippen molar-refractivity contribution >= 4 is 0 Å². The quantitative estimate of drug-likeness (QED) is 0.799. The van der Waals surface area contributed by atoms with Crippen molar-refractivity contribution in [1.29, 1.82) is 0 Å². The van der Waals surface area contributed by atoms with Crippen molar-refractivity contribution in [3.8, 4) is 0 Å². The average Bonchev–Trinajstić information content (AvgIpc) is 2.54. The van der Waals surface area contributed by atoms with Gasteiger partial charge in [-0.1, -0.05) is 26.7 Å². The molecule has 1 saturated carbocycles. The molecule has 2 unspecified atom stereocenters. The standard InChI is InChI=1S/C14H23N3/c1-11(2)12-4-3-6-14(15,7-5-12)13-8-16-10-17-9-13/h8-12H,3-7,15H2,1-2H3. The van der Waals surface area contributed by atoms with Gasteiger partial charge in [0.15, 0.2) is 0 Å². The molecule has 0 aliphatic heterocycles. The Labute approximate surface area is 104 Å². The summed E-state index contributed by atoms with van der Waals surface area (Å²) < 4.78 is 0. The van der Waals surface area contributed by atoms with Crippen LogP contribution in [0.4, 0.5) is 0 Å². The fraction of sp³-hybridized carbons (Fsp3) is 0.714. The molecule has 0 bridgehead atoms. The first kappa shape index (κ1) is 12.5. The SMILES string of the molecule is CC(C)C1CCCC(N)(c2cncnc2)CC1. The van der Waals surface area contributed by atoms with Crippen molar-refractivity contribution in [2.75, 3.05) is 0 Å². The maximum Gasteiger partial charge on any atom is 0.115 e. The Morgan fingerprint density at radius 3 is 2.59 bits per heavy atom. The molecule has 0 radical (unpaired) electrons. The smallest absolute Gasteiger partial charge is 0.115 e. The summed E-state index contributed by atoms with van der Waals surface area (Å²) in [7, 11) is 0. The molecule has 2 atom stereocenters. The number of rotatable bonds is 2. The van der Waals surface area contributed by atoms with Gasteiger partial charge in [-0.05, 0) is 31.1 Å². The van der Waals surface area contributed by atoms with Gasteiger partial charge in [-0.2, -0.15) is 0 Å². The molecule has 2 rings (SSSR count). The minimum Gasteiger partial charge on any atom is -0.321 e. The van der Waals surface area contributed by atoms with Crippen LogP contribution in [-0.2, 0) is 5.54 Å². The first-order valence-electron chi connectivity index (χ1n) is 6.66. The monoisotopic (exact) mass is 233 g/mol. The lowest BCUT2D eigenvalue weighted by Gasteiger charge is -2.28. The lowest BCUT2D eigenvalue weighted by atomic mass is 9.84. The van der Waals surface area contributed by atoms with E-state index in [4.69, 9.17) is 5.73 Å². The lowest BCUT2D eigenvalue weighted by Crippen LogP contribution is -2.36. The predicted molar refractivity (Wildman–Crippen MR) is 69.3 cm³/mol. The van der Waals surface area contributed by atoms with Crippen molar-refractivity contribution in [3.63, 3.8) is 0 Å². The van der Waals surface area contributed by atoms with Gasteiger partial charge in [-0.15, -0.1) is 0 Å². The van der Waals surface area contributed by atoms with Crippen molar-refractivity contribution in [2.45, 2.75) is 51.5 Å². The Morgan fingerprint density at radius 2 is 1.94 bits per heavy atom. The molecule has 3 heteroatoms. The number of aromatic nitrogens is 2. The third-order valence-corrected chi connectivity index (χ3v) is 4.24. The van der Waals surface area contributed by atoms with E-state index in [2.05, 4.69) is 23.8 Å². The van der Waals surface area contributed by atoms with Gasteiger partial charge in [-0.25, -0.2) is 9.97 Å². The largest absolute Gasteiger partial charge is 0.321 e. The Kier molecular flexibility index (Phi) is 3.77. The van der Waals surface area contributed by atoms with Crippen LogP contribution in [0.1, 0.15) is 51.5 Å². The second-order valence-corrected chi connectivity index (χ2v) is 5.72. The van der Waals surface area contributed by atoms with Gasteiger partial charge in [-0.3, -0.25) is 0 Å². The Hall–Kier alpha value is -0.960. The first-order valence-corrected chi connectivity index (χ1v) is 6.66. The van der Waals surface area contributed by atoms with E-state index in [1.165, 1.54) is 19.3 Å². The van der Waals surface area contributed by atoms with Crippen LogP contribution in [0.5, 0.6) is 0 Å². The number of nitrogens with two attached hydrogens (primary N) is 1. The van der Waals surface area contributed by atoms with Gasteiger partial charge in [0.05, 0.1) is 0 Å². The Bertz CT molecular complexity index is 350. The highest BCUT2D eigenvalue weighted by Crippen LogP contribution is 2.37. The summed E-state index contributed by atoms with van der Waals surface area (Å²) in [5.41, 5.74) is 7.46. The third-order valence-electron chi connectivity index (χ3n) is 4.24. The maximum atomic E-state index is 6.56. The molecule has 17 heavy (non-hydrogen) atoms. The van der Waals surface area contributed by atoms with Crippen LogP contribution in [0.2, 0.25) is 0 Å². The molecule has 0 aromatic carbocycles. The topological polar surface area (TPSA) is 51.8 Å². The average molecular weight is 233 g/mol. The highest BCUT2D eigenvalue weighted by molar-refractivity contribution is 5.17. The summed E-state index contributed by atoms with van der Waals surface area (Å²) in [5.74, 6) is 1.59. The van der Waals surface area contributed by atoms with Crippen molar-refractivity contribution in [2.24, 2.45) is 17.6 Å². The highest BCUT2D eigenvalue weighted by Gasteiger charge is 2.32. The molecule has 0 amide bonds. The molecule has 1 fully saturated rings. The lowest BCUT2D eigenvalue weighted by molar-refractivity contribution is 0.325.